The Balaban J connectivity index is 2.70. The van der Waals surface area contributed by atoms with Crippen molar-refractivity contribution in [2.45, 2.75) is 20.1 Å². The fourth-order valence-electron chi connectivity index (χ4n) is 2.00. The molecule has 92 valence electrons. The minimum Gasteiger partial charge on any atom is -0.459 e. The second kappa shape index (κ2) is 4.85. The predicted octanol–water partition coefficient (Wildman–Crippen LogP) is 2.75. The fourth-order valence-corrected chi connectivity index (χ4v) is 2.00. The van der Waals surface area contributed by atoms with E-state index in [0.717, 1.165) is 16.9 Å². The number of halogens is 1. The standard InChI is InChI=1S/C13H16FNO2/c1-8-4-5-10(14)12-9(7-16-3)11(6-15-2)17-13(8)12/h4-5,15H,6-7H2,1-3H3. The van der Waals surface area contributed by atoms with E-state index in [0.29, 0.717) is 24.1 Å². The Hall–Kier alpha value is -1.39. The number of aryl methyl sites for hydroxylation is 1. The predicted molar refractivity (Wildman–Crippen MR) is 64.4 cm³/mol. The average molecular weight is 237 g/mol. The fraction of sp³-hybridized carbons (Fsp3) is 0.385. The van der Waals surface area contributed by atoms with E-state index in [4.69, 9.17) is 9.15 Å². The van der Waals surface area contributed by atoms with Gasteiger partial charge in [-0.25, -0.2) is 4.39 Å². The molecule has 0 aliphatic heterocycles. The number of rotatable bonds is 4. The lowest BCUT2D eigenvalue weighted by molar-refractivity contribution is 0.183. The lowest BCUT2D eigenvalue weighted by Gasteiger charge is -2.01. The zero-order valence-electron chi connectivity index (χ0n) is 10.3. The maximum atomic E-state index is 13.9. The molecule has 2 aromatic rings. The third kappa shape index (κ3) is 2.06. The summed E-state index contributed by atoms with van der Waals surface area (Å²) < 4.78 is 24.7. The lowest BCUT2D eigenvalue weighted by atomic mass is 10.1. The van der Waals surface area contributed by atoms with Crippen LogP contribution in [0.1, 0.15) is 16.9 Å². The molecule has 0 unspecified atom stereocenters. The number of hydrogen-bond acceptors (Lipinski definition) is 3. The summed E-state index contributed by atoms with van der Waals surface area (Å²) >= 11 is 0. The molecule has 3 nitrogen and oxygen atoms in total. The molecule has 0 spiro atoms. The Morgan fingerprint density at radius 3 is 2.82 bits per heavy atom. The number of hydrogen-bond donors (Lipinski definition) is 1. The van der Waals surface area contributed by atoms with Crippen LogP contribution in [0.4, 0.5) is 4.39 Å². The molecular weight excluding hydrogens is 221 g/mol. The number of benzene rings is 1. The first-order valence-electron chi connectivity index (χ1n) is 5.52. The van der Waals surface area contributed by atoms with Gasteiger partial charge in [-0.2, -0.15) is 0 Å². The molecule has 0 aliphatic carbocycles. The van der Waals surface area contributed by atoms with E-state index in [1.807, 2.05) is 14.0 Å². The van der Waals surface area contributed by atoms with Crippen molar-refractivity contribution in [3.63, 3.8) is 0 Å². The zero-order chi connectivity index (χ0) is 12.4. The van der Waals surface area contributed by atoms with Crippen LogP contribution in [0, 0.1) is 12.7 Å². The highest BCUT2D eigenvalue weighted by molar-refractivity contribution is 5.85. The molecule has 0 radical (unpaired) electrons. The van der Waals surface area contributed by atoms with Crippen molar-refractivity contribution in [1.82, 2.24) is 5.32 Å². The van der Waals surface area contributed by atoms with Crippen LogP contribution in [0.5, 0.6) is 0 Å². The first kappa shape index (κ1) is 12.1. The van der Waals surface area contributed by atoms with Gasteiger partial charge in [-0.05, 0) is 25.6 Å². The maximum Gasteiger partial charge on any atom is 0.140 e. The van der Waals surface area contributed by atoms with Gasteiger partial charge < -0.3 is 14.5 Å². The summed E-state index contributed by atoms with van der Waals surface area (Å²) in [6, 6.07) is 3.19. The number of methoxy groups -OCH3 is 1. The monoisotopic (exact) mass is 237 g/mol. The van der Waals surface area contributed by atoms with Crippen LogP contribution in [0.15, 0.2) is 16.5 Å². The van der Waals surface area contributed by atoms with Crippen molar-refractivity contribution in [3.8, 4) is 0 Å². The quantitative estimate of drug-likeness (QED) is 0.887. The molecule has 0 saturated heterocycles. The van der Waals surface area contributed by atoms with Crippen molar-refractivity contribution in [3.05, 3.63) is 34.8 Å². The van der Waals surface area contributed by atoms with E-state index in [1.165, 1.54) is 6.07 Å². The molecular formula is C13H16FNO2. The van der Waals surface area contributed by atoms with Crippen LogP contribution in [0.3, 0.4) is 0 Å². The highest BCUT2D eigenvalue weighted by Gasteiger charge is 2.18. The second-order valence-electron chi connectivity index (χ2n) is 4.04. The topological polar surface area (TPSA) is 34.4 Å². The minimum atomic E-state index is -0.260. The van der Waals surface area contributed by atoms with E-state index >= 15 is 0 Å². The summed E-state index contributed by atoms with van der Waals surface area (Å²) in [4.78, 5) is 0. The van der Waals surface area contributed by atoms with Gasteiger partial charge >= 0.3 is 0 Å². The van der Waals surface area contributed by atoms with Gasteiger partial charge in [-0.1, -0.05) is 6.07 Å². The first-order chi connectivity index (χ1) is 8.19. The van der Waals surface area contributed by atoms with Gasteiger partial charge in [0.15, 0.2) is 0 Å². The molecule has 2 rings (SSSR count). The summed E-state index contributed by atoms with van der Waals surface area (Å²) in [5.74, 6) is 0.473. The van der Waals surface area contributed by atoms with Gasteiger partial charge in [0.1, 0.15) is 17.2 Å². The molecule has 0 bridgehead atoms. The van der Waals surface area contributed by atoms with Gasteiger partial charge in [-0.15, -0.1) is 0 Å². The van der Waals surface area contributed by atoms with Gasteiger partial charge in [0, 0.05) is 12.7 Å². The van der Waals surface area contributed by atoms with Crippen molar-refractivity contribution in [1.29, 1.82) is 0 Å². The highest BCUT2D eigenvalue weighted by Crippen LogP contribution is 2.31. The highest BCUT2D eigenvalue weighted by atomic mass is 19.1. The smallest absolute Gasteiger partial charge is 0.140 e. The van der Waals surface area contributed by atoms with Crippen LogP contribution < -0.4 is 5.32 Å². The van der Waals surface area contributed by atoms with Crippen molar-refractivity contribution in [2.24, 2.45) is 0 Å². The molecule has 0 atom stereocenters. The number of nitrogens with one attached hydrogen (secondary N) is 1. The summed E-state index contributed by atoms with van der Waals surface area (Å²) in [5.41, 5.74) is 2.33. The normalized spacial score (nSPS) is 11.3. The van der Waals surface area contributed by atoms with Crippen molar-refractivity contribution < 1.29 is 13.5 Å². The van der Waals surface area contributed by atoms with Crippen LogP contribution in [-0.4, -0.2) is 14.2 Å². The number of ether oxygens (including phenoxy) is 1. The number of fused-ring (bicyclic) bond motifs is 1. The van der Waals surface area contributed by atoms with Crippen molar-refractivity contribution in [2.75, 3.05) is 14.2 Å². The summed E-state index contributed by atoms with van der Waals surface area (Å²) in [6.07, 6.45) is 0. The van der Waals surface area contributed by atoms with Gasteiger partial charge in [0.25, 0.3) is 0 Å². The minimum absolute atomic E-state index is 0.260. The van der Waals surface area contributed by atoms with E-state index in [2.05, 4.69) is 5.32 Å². The Morgan fingerprint density at radius 2 is 2.18 bits per heavy atom. The van der Waals surface area contributed by atoms with Crippen LogP contribution in [0.2, 0.25) is 0 Å². The van der Waals surface area contributed by atoms with Gasteiger partial charge in [0.05, 0.1) is 18.5 Å². The Bertz CT molecular complexity index is 534. The molecule has 0 fully saturated rings. The molecule has 1 aromatic heterocycles. The molecule has 4 heteroatoms. The Kier molecular flexibility index (Phi) is 3.45. The molecule has 1 heterocycles. The van der Waals surface area contributed by atoms with Gasteiger partial charge in [0.2, 0.25) is 0 Å². The third-order valence-corrected chi connectivity index (χ3v) is 2.79. The van der Waals surface area contributed by atoms with Crippen LogP contribution >= 0.6 is 0 Å². The largest absolute Gasteiger partial charge is 0.459 e. The molecule has 0 saturated carbocycles. The molecule has 1 aromatic carbocycles. The summed E-state index contributed by atoms with van der Waals surface area (Å²) in [7, 11) is 3.42. The molecule has 1 N–H and O–H groups in total. The lowest BCUT2D eigenvalue weighted by Crippen LogP contribution is -2.06. The van der Waals surface area contributed by atoms with Crippen molar-refractivity contribution >= 4 is 11.0 Å². The Labute approximate surface area is 99.6 Å². The van der Waals surface area contributed by atoms with E-state index in [1.54, 1.807) is 13.2 Å². The van der Waals surface area contributed by atoms with E-state index in [9.17, 15) is 4.39 Å². The first-order valence-corrected chi connectivity index (χ1v) is 5.52. The summed E-state index contributed by atoms with van der Waals surface area (Å²) in [6.45, 7) is 2.82. The summed E-state index contributed by atoms with van der Waals surface area (Å²) in [5, 5.41) is 3.55. The molecule has 0 aliphatic rings. The SMILES string of the molecule is CNCc1oc2c(C)ccc(F)c2c1COC. The Morgan fingerprint density at radius 1 is 1.41 bits per heavy atom. The number of furan rings is 1. The van der Waals surface area contributed by atoms with E-state index < -0.39 is 0 Å². The maximum absolute atomic E-state index is 13.9. The van der Waals surface area contributed by atoms with Crippen LogP contribution in [-0.2, 0) is 17.9 Å². The van der Waals surface area contributed by atoms with Gasteiger partial charge in [-0.3, -0.25) is 0 Å². The molecule has 0 amide bonds. The van der Waals surface area contributed by atoms with Crippen LogP contribution in [0.25, 0.3) is 11.0 Å². The molecule has 17 heavy (non-hydrogen) atoms. The zero-order valence-corrected chi connectivity index (χ0v) is 10.3. The van der Waals surface area contributed by atoms with E-state index in [-0.39, 0.29) is 5.82 Å². The second-order valence-corrected chi connectivity index (χ2v) is 4.04. The average Bonchev–Trinajstić information content (AvgIpc) is 2.66. The third-order valence-electron chi connectivity index (χ3n) is 2.79.